The van der Waals surface area contributed by atoms with Gasteiger partial charge in [-0.05, 0) is 6.07 Å². The van der Waals surface area contributed by atoms with Crippen molar-refractivity contribution in [3.05, 3.63) is 35.0 Å². The molecular formula is C9H6Cl2N2O. The Morgan fingerprint density at radius 3 is 2.57 bits per heavy atom. The lowest BCUT2D eigenvalue weighted by atomic mass is 10.2. The number of halogens is 2. The van der Waals surface area contributed by atoms with Gasteiger partial charge in [0.15, 0.2) is 0 Å². The quantitative estimate of drug-likeness (QED) is 0.801. The summed E-state index contributed by atoms with van der Waals surface area (Å²) in [6.07, 6.45) is 0. The fraction of sp³-hybridized carbons (Fsp3) is 0. The molecule has 0 fully saturated rings. The van der Waals surface area contributed by atoms with E-state index >= 15 is 0 Å². The largest absolute Gasteiger partial charge is 0.364 e. The number of amides is 1. The second-order valence-electron chi connectivity index (χ2n) is 2.82. The van der Waals surface area contributed by atoms with Crippen LogP contribution >= 0.6 is 23.4 Å². The van der Waals surface area contributed by atoms with Crippen molar-refractivity contribution in [3.8, 4) is 0 Å². The number of carbonyl (C=O) groups excluding carboxylic acids is 1. The van der Waals surface area contributed by atoms with Crippen molar-refractivity contribution in [1.82, 2.24) is 4.09 Å². The van der Waals surface area contributed by atoms with E-state index in [0.717, 1.165) is 5.39 Å². The van der Waals surface area contributed by atoms with Crippen LogP contribution in [0.15, 0.2) is 24.3 Å². The molecule has 1 aromatic heterocycles. The first-order valence-corrected chi connectivity index (χ1v) is 4.59. The van der Waals surface area contributed by atoms with Crippen LogP contribution in [0, 0.1) is 0 Å². The maximum absolute atomic E-state index is 11.0. The number of carbonyl (C=O) groups is 1. The number of primary amides is 1. The fourth-order valence-electron chi connectivity index (χ4n) is 1.37. The Labute approximate surface area is 90.1 Å². The SMILES string of the molecule is NC(=O)c1c(Cl)c2ccccc2n1Cl. The van der Waals surface area contributed by atoms with Crippen molar-refractivity contribution in [2.24, 2.45) is 5.73 Å². The van der Waals surface area contributed by atoms with Crippen molar-refractivity contribution in [2.75, 3.05) is 0 Å². The zero-order chi connectivity index (χ0) is 10.3. The van der Waals surface area contributed by atoms with Gasteiger partial charge in [0.2, 0.25) is 0 Å². The molecular weight excluding hydrogens is 223 g/mol. The van der Waals surface area contributed by atoms with Gasteiger partial charge in [0.25, 0.3) is 5.91 Å². The molecule has 2 N–H and O–H groups in total. The molecule has 0 saturated heterocycles. The van der Waals surface area contributed by atoms with E-state index in [1.165, 1.54) is 4.09 Å². The van der Waals surface area contributed by atoms with Gasteiger partial charge in [-0.2, -0.15) is 0 Å². The lowest BCUT2D eigenvalue weighted by molar-refractivity contribution is 0.0995. The van der Waals surface area contributed by atoms with Crippen LogP contribution in [0.2, 0.25) is 5.02 Å². The second-order valence-corrected chi connectivity index (χ2v) is 3.54. The van der Waals surface area contributed by atoms with E-state index in [1.54, 1.807) is 12.1 Å². The molecule has 2 rings (SSSR count). The Bertz CT molecular complexity index is 480. The lowest BCUT2D eigenvalue weighted by Crippen LogP contribution is -2.13. The molecule has 0 spiro atoms. The minimum absolute atomic E-state index is 0.120. The van der Waals surface area contributed by atoms with Crippen LogP contribution in [0.25, 0.3) is 10.9 Å². The second kappa shape index (κ2) is 3.19. The number of hydrogen-bond acceptors (Lipinski definition) is 1. The lowest BCUT2D eigenvalue weighted by Gasteiger charge is -1.95. The Balaban J connectivity index is 2.92. The minimum Gasteiger partial charge on any atom is -0.364 e. The number of nitrogens with two attached hydrogens (primary N) is 1. The van der Waals surface area contributed by atoms with Crippen LogP contribution in [-0.4, -0.2) is 9.99 Å². The standard InChI is InChI=1S/C9H6Cl2N2O/c10-7-5-3-1-2-4-6(5)13(11)8(7)9(12)14/h1-4H,(H2,12,14). The third-order valence-electron chi connectivity index (χ3n) is 1.99. The highest BCUT2D eigenvalue weighted by molar-refractivity contribution is 6.40. The van der Waals surface area contributed by atoms with Gasteiger partial charge in [-0.1, -0.05) is 29.8 Å². The Kier molecular flexibility index (Phi) is 2.13. The Morgan fingerprint density at radius 2 is 2.00 bits per heavy atom. The van der Waals surface area contributed by atoms with Crippen molar-refractivity contribution in [1.29, 1.82) is 0 Å². The van der Waals surface area contributed by atoms with E-state index in [2.05, 4.69) is 0 Å². The molecule has 0 aliphatic heterocycles. The van der Waals surface area contributed by atoms with Crippen LogP contribution in [0.4, 0.5) is 0 Å². The first-order valence-electron chi connectivity index (χ1n) is 3.88. The summed E-state index contributed by atoms with van der Waals surface area (Å²) in [7, 11) is 0. The molecule has 3 nitrogen and oxygen atoms in total. The first-order chi connectivity index (χ1) is 6.63. The first kappa shape index (κ1) is 9.37. The molecule has 0 aliphatic rings. The minimum atomic E-state index is -0.638. The molecule has 14 heavy (non-hydrogen) atoms. The average molecular weight is 229 g/mol. The summed E-state index contributed by atoms with van der Waals surface area (Å²) in [5, 5.41) is 1.01. The van der Waals surface area contributed by atoms with Gasteiger partial charge in [-0.3, -0.25) is 4.79 Å². The predicted molar refractivity (Wildman–Crippen MR) is 56.7 cm³/mol. The van der Waals surface area contributed by atoms with Crippen LogP contribution in [0.1, 0.15) is 10.5 Å². The highest BCUT2D eigenvalue weighted by atomic mass is 35.5. The molecule has 5 heteroatoms. The van der Waals surface area contributed by atoms with E-state index in [9.17, 15) is 4.79 Å². The molecule has 1 amide bonds. The molecule has 0 radical (unpaired) electrons. The zero-order valence-electron chi connectivity index (χ0n) is 7.00. The van der Waals surface area contributed by atoms with Gasteiger partial charge < -0.3 is 5.73 Å². The summed E-state index contributed by atoms with van der Waals surface area (Å²) >= 11 is 11.8. The maximum Gasteiger partial charge on any atom is 0.268 e. The van der Waals surface area contributed by atoms with Crippen LogP contribution in [0.5, 0.6) is 0 Å². The number of benzene rings is 1. The monoisotopic (exact) mass is 228 g/mol. The third-order valence-corrected chi connectivity index (χ3v) is 2.72. The fourth-order valence-corrected chi connectivity index (χ4v) is 2.07. The summed E-state index contributed by atoms with van der Waals surface area (Å²) in [6.45, 7) is 0. The summed E-state index contributed by atoms with van der Waals surface area (Å²) in [5.74, 6) is -0.638. The van der Waals surface area contributed by atoms with Crippen molar-refractivity contribution >= 4 is 40.2 Å². The smallest absolute Gasteiger partial charge is 0.268 e. The number of para-hydroxylation sites is 1. The van der Waals surface area contributed by atoms with Gasteiger partial charge >= 0.3 is 0 Å². The highest BCUT2D eigenvalue weighted by Gasteiger charge is 2.18. The molecule has 72 valence electrons. The van der Waals surface area contributed by atoms with Gasteiger partial charge in [-0.15, -0.1) is 0 Å². The van der Waals surface area contributed by atoms with Crippen molar-refractivity contribution in [2.45, 2.75) is 0 Å². The Hall–Kier alpha value is -1.19. The molecule has 0 saturated carbocycles. The van der Waals surface area contributed by atoms with Crippen LogP contribution in [0.3, 0.4) is 0 Å². The number of rotatable bonds is 1. The zero-order valence-corrected chi connectivity index (χ0v) is 8.51. The molecule has 0 atom stereocenters. The summed E-state index contributed by atoms with van der Waals surface area (Å²) in [6, 6.07) is 7.17. The Morgan fingerprint density at radius 1 is 1.36 bits per heavy atom. The van der Waals surface area contributed by atoms with E-state index in [0.29, 0.717) is 10.5 Å². The van der Waals surface area contributed by atoms with E-state index in [1.807, 2.05) is 12.1 Å². The van der Waals surface area contributed by atoms with Crippen LogP contribution in [-0.2, 0) is 0 Å². The summed E-state index contributed by atoms with van der Waals surface area (Å²) < 4.78 is 1.18. The average Bonchev–Trinajstić information content (AvgIpc) is 2.41. The molecule has 2 aromatic rings. The topological polar surface area (TPSA) is 48.0 Å². The van der Waals surface area contributed by atoms with Crippen LogP contribution < -0.4 is 5.73 Å². The number of fused-ring (bicyclic) bond motifs is 1. The third kappa shape index (κ3) is 1.17. The van der Waals surface area contributed by atoms with E-state index < -0.39 is 5.91 Å². The summed E-state index contributed by atoms with van der Waals surface area (Å²) in [5.41, 5.74) is 5.94. The molecule has 0 aliphatic carbocycles. The molecule has 1 aromatic carbocycles. The van der Waals surface area contributed by atoms with E-state index in [4.69, 9.17) is 29.1 Å². The number of aromatic nitrogens is 1. The van der Waals surface area contributed by atoms with Gasteiger partial charge in [0.1, 0.15) is 5.69 Å². The van der Waals surface area contributed by atoms with Gasteiger partial charge in [0, 0.05) is 17.2 Å². The predicted octanol–water partition coefficient (Wildman–Crippen LogP) is 2.40. The highest BCUT2D eigenvalue weighted by Crippen LogP contribution is 2.30. The number of hydrogen-bond donors (Lipinski definition) is 1. The van der Waals surface area contributed by atoms with Crippen molar-refractivity contribution in [3.63, 3.8) is 0 Å². The summed E-state index contributed by atoms with van der Waals surface area (Å²) in [4.78, 5) is 11.0. The van der Waals surface area contributed by atoms with E-state index in [-0.39, 0.29) is 5.69 Å². The molecule has 0 bridgehead atoms. The maximum atomic E-state index is 11.0. The molecule has 1 heterocycles. The van der Waals surface area contributed by atoms with Gasteiger partial charge in [0.05, 0.1) is 10.5 Å². The van der Waals surface area contributed by atoms with Crippen molar-refractivity contribution < 1.29 is 4.79 Å². The number of nitrogens with zero attached hydrogens (tertiary/aromatic N) is 1. The molecule has 0 unspecified atom stereocenters. The van der Waals surface area contributed by atoms with Gasteiger partial charge in [-0.25, -0.2) is 4.09 Å². The normalized spacial score (nSPS) is 10.7.